The van der Waals surface area contributed by atoms with Gasteiger partial charge in [0.05, 0.1) is 5.56 Å². The first kappa shape index (κ1) is 18.0. The summed E-state index contributed by atoms with van der Waals surface area (Å²) in [6.45, 7) is 3.76. The average molecular weight is 391 g/mol. The van der Waals surface area contributed by atoms with Crippen LogP contribution in [0.2, 0.25) is 0 Å². The Bertz CT molecular complexity index is 734. The van der Waals surface area contributed by atoms with Crippen LogP contribution in [0.15, 0.2) is 53.0 Å². The van der Waals surface area contributed by atoms with Crippen LogP contribution in [0.25, 0.3) is 0 Å². The van der Waals surface area contributed by atoms with Gasteiger partial charge in [-0.15, -0.1) is 0 Å². The van der Waals surface area contributed by atoms with Crippen LogP contribution in [-0.2, 0) is 4.79 Å². The lowest BCUT2D eigenvalue weighted by atomic mass is 10.2. The van der Waals surface area contributed by atoms with Crippen LogP contribution in [-0.4, -0.2) is 17.9 Å². The summed E-state index contributed by atoms with van der Waals surface area (Å²) in [6, 6.07) is 14.4. The second kappa shape index (κ2) is 8.49. The van der Waals surface area contributed by atoms with Crippen molar-refractivity contribution in [2.45, 2.75) is 26.4 Å². The summed E-state index contributed by atoms with van der Waals surface area (Å²) < 4.78 is 6.40. The standard InChI is InChI=1S/C18H19BrN2O3/c1-3-15(24-16-11-7-4-8-12(16)2)18(23)21-20-17(22)13-9-5-6-10-14(13)19/h4-11,15H,3H2,1-2H3,(H,20,22)(H,21,23). The monoisotopic (exact) mass is 390 g/mol. The van der Waals surface area contributed by atoms with Crippen molar-refractivity contribution in [2.24, 2.45) is 0 Å². The summed E-state index contributed by atoms with van der Waals surface area (Å²) in [7, 11) is 0. The molecule has 24 heavy (non-hydrogen) atoms. The minimum atomic E-state index is -0.689. The third kappa shape index (κ3) is 4.58. The van der Waals surface area contributed by atoms with Crippen molar-refractivity contribution >= 4 is 27.7 Å². The summed E-state index contributed by atoms with van der Waals surface area (Å²) in [5.74, 6) is -0.153. The summed E-state index contributed by atoms with van der Waals surface area (Å²) in [4.78, 5) is 24.3. The third-order valence-electron chi connectivity index (χ3n) is 3.44. The van der Waals surface area contributed by atoms with Crippen LogP contribution in [0.3, 0.4) is 0 Å². The Morgan fingerprint density at radius 2 is 1.75 bits per heavy atom. The van der Waals surface area contributed by atoms with Gasteiger partial charge in [0, 0.05) is 4.47 Å². The van der Waals surface area contributed by atoms with Crippen molar-refractivity contribution in [3.8, 4) is 5.75 Å². The number of nitrogens with one attached hydrogen (secondary N) is 2. The highest BCUT2D eigenvalue weighted by Crippen LogP contribution is 2.19. The normalized spacial score (nSPS) is 11.5. The molecule has 2 aromatic rings. The van der Waals surface area contributed by atoms with E-state index in [1.807, 2.05) is 44.2 Å². The van der Waals surface area contributed by atoms with Crippen molar-refractivity contribution < 1.29 is 14.3 Å². The maximum atomic E-state index is 12.2. The van der Waals surface area contributed by atoms with Crippen LogP contribution in [0.5, 0.6) is 5.75 Å². The second-order valence-corrected chi connectivity index (χ2v) is 6.06. The second-order valence-electron chi connectivity index (χ2n) is 5.20. The molecule has 2 rings (SSSR count). The summed E-state index contributed by atoms with van der Waals surface area (Å²) in [6.07, 6.45) is -0.212. The molecule has 2 aromatic carbocycles. The van der Waals surface area contributed by atoms with E-state index in [9.17, 15) is 9.59 Å². The van der Waals surface area contributed by atoms with Crippen LogP contribution in [0.1, 0.15) is 29.3 Å². The smallest absolute Gasteiger partial charge is 0.279 e. The third-order valence-corrected chi connectivity index (χ3v) is 4.14. The largest absolute Gasteiger partial charge is 0.480 e. The number of carbonyl (C=O) groups excluding carboxylic acids is 2. The number of halogens is 1. The molecule has 0 heterocycles. The van der Waals surface area contributed by atoms with Gasteiger partial charge in [-0.05, 0) is 53.0 Å². The molecule has 0 aliphatic carbocycles. The number of ether oxygens (including phenoxy) is 1. The molecular formula is C18H19BrN2O3. The summed E-state index contributed by atoms with van der Waals surface area (Å²) in [5, 5.41) is 0. The number of benzene rings is 2. The number of hydrogen-bond acceptors (Lipinski definition) is 3. The predicted octanol–water partition coefficient (Wildman–Crippen LogP) is 3.38. The van der Waals surface area contributed by atoms with Gasteiger partial charge in [-0.25, -0.2) is 0 Å². The average Bonchev–Trinajstić information content (AvgIpc) is 2.59. The highest BCUT2D eigenvalue weighted by Gasteiger charge is 2.20. The van der Waals surface area contributed by atoms with E-state index >= 15 is 0 Å². The molecule has 0 saturated carbocycles. The first-order valence-electron chi connectivity index (χ1n) is 7.60. The summed E-state index contributed by atoms with van der Waals surface area (Å²) >= 11 is 3.30. The molecule has 6 heteroatoms. The van der Waals surface area contributed by atoms with E-state index in [1.165, 1.54) is 0 Å². The number of amides is 2. The zero-order valence-corrected chi connectivity index (χ0v) is 15.1. The first-order chi connectivity index (χ1) is 11.5. The van der Waals surface area contributed by atoms with Gasteiger partial charge in [-0.2, -0.15) is 0 Å². The minimum Gasteiger partial charge on any atom is -0.480 e. The molecule has 5 nitrogen and oxygen atoms in total. The molecule has 0 radical (unpaired) electrons. The molecule has 0 bridgehead atoms. The van der Waals surface area contributed by atoms with Crippen LogP contribution < -0.4 is 15.6 Å². The summed E-state index contributed by atoms with van der Waals surface area (Å²) in [5.41, 5.74) is 6.20. The van der Waals surface area contributed by atoms with Gasteiger partial charge in [-0.1, -0.05) is 37.3 Å². The lowest BCUT2D eigenvalue weighted by molar-refractivity contribution is -0.128. The van der Waals surface area contributed by atoms with Crippen LogP contribution in [0.4, 0.5) is 0 Å². The number of para-hydroxylation sites is 1. The Morgan fingerprint density at radius 3 is 2.42 bits per heavy atom. The molecule has 0 aliphatic rings. The molecule has 0 fully saturated rings. The Hall–Kier alpha value is -2.34. The SMILES string of the molecule is CCC(Oc1ccccc1C)C(=O)NNC(=O)c1ccccc1Br. The maximum absolute atomic E-state index is 12.2. The zero-order chi connectivity index (χ0) is 17.5. The minimum absolute atomic E-state index is 0.401. The molecule has 1 unspecified atom stereocenters. The molecule has 2 N–H and O–H groups in total. The maximum Gasteiger partial charge on any atom is 0.279 e. The van der Waals surface area contributed by atoms with Gasteiger partial charge in [0.2, 0.25) is 0 Å². The molecule has 0 saturated heterocycles. The Morgan fingerprint density at radius 1 is 1.08 bits per heavy atom. The topological polar surface area (TPSA) is 67.4 Å². The molecule has 126 valence electrons. The fraction of sp³-hybridized carbons (Fsp3) is 0.222. The first-order valence-corrected chi connectivity index (χ1v) is 8.39. The highest BCUT2D eigenvalue weighted by molar-refractivity contribution is 9.10. The molecular weight excluding hydrogens is 372 g/mol. The van der Waals surface area contributed by atoms with E-state index in [0.717, 1.165) is 5.56 Å². The molecule has 0 spiro atoms. The molecule has 0 aliphatic heterocycles. The molecule has 2 amide bonds. The van der Waals surface area contributed by atoms with E-state index in [-0.39, 0.29) is 0 Å². The number of carbonyl (C=O) groups is 2. The van der Waals surface area contributed by atoms with Gasteiger partial charge >= 0.3 is 0 Å². The van der Waals surface area contributed by atoms with Crippen molar-refractivity contribution in [1.29, 1.82) is 0 Å². The number of aryl methyl sites for hydroxylation is 1. The number of rotatable bonds is 5. The Balaban J connectivity index is 1.96. The lowest BCUT2D eigenvalue weighted by Crippen LogP contribution is -2.48. The predicted molar refractivity (Wildman–Crippen MR) is 95.6 cm³/mol. The highest BCUT2D eigenvalue weighted by atomic mass is 79.9. The van der Waals surface area contributed by atoms with Crippen LogP contribution in [0, 0.1) is 6.92 Å². The van der Waals surface area contributed by atoms with Gasteiger partial charge in [0.25, 0.3) is 11.8 Å². The van der Waals surface area contributed by atoms with Crippen LogP contribution >= 0.6 is 15.9 Å². The number of hydrogen-bond donors (Lipinski definition) is 2. The zero-order valence-electron chi connectivity index (χ0n) is 13.5. The Labute approximate surface area is 149 Å². The Kier molecular flexibility index (Phi) is 6.37. The fourth-order valence-corrected chi connectivity index (χ4v) is 2.54. The molecule has 1 atom stereocenters. The van der Waals surface area contributed by atoms with Crippen molar-refractivity contribution in [3.05, 3.63) is 64.1 Å². The van der Waals surface area contributed by atoms with E-state index < -0.39 is 17.9 Å². The van der Waals surface area contributed by atoms with E-state index in [4.69, 9.17) is 4.74 Å². The van der Waals surface area contributed by atoms with Crippen molar-refractivity contribution in [1.82, 2.24) is 10.9 Å². The van der Waals surface area contributed by atoms with E-state index in [2.05, 4.69) is 26.8 Å². The van der Waals surface area contributed by atoms with Crippen molar-refractivity contribution in [2.75, 3.05) is 0 Å². The van der Waals surface area contributed by atoms with Gasteiger partial charge in [0.1, 0.15) is 5.75 Å². The molecule has 0 aromatic heterocycles. The van der Waals surface area contributed by atoms with Crippen molar-refractivity contribution in [3.63, 3.8) is 0 Å². The fourth-order valence-electron chi connectivity index (χ4n) is 2.08. The van der Waals surface area contributed by atoms with Gasteiger partial charge < -0.3 is 4.74 Å². The van der Waals surface area contributed by atoms with E-state index in [1.54, 1.807) is 18.2 Å². The quantitative estimate of drug-likeness (QED) is 0.768. The van der Waals surface area contributed by atoms with Gasteiger partial charge in [-0.3, -0.25) is 20.4 Å². The van der Waals surface area contributed by atoms with Gasteiger partial charge in [0.15, 0.2) is 6.10 Å². The number of hydrazine groups is 1. The van der Waals surface area contributed by atoms with E-state index in [0.29, 0.717) is 22.2 Å². The lowest BCUT2D eigenvalue weighted by Gasteiger charge is -2.18.